The first kappa shape index (κ1) is 15.0. The quantitative estimate of drug-likeness (QED) is 0.580. The van der Waals surface area contributed by atoms with Crippen molar-refractivity contribution in [2.45, 2.75) is 31.6 Å². The van der Waals surface area contributed by atoms with Crippen molar-refractivity contribution in [2.75, 3.05) is 26.2 Å². The second kappa shape index (κ2) is 5.32. The first-order chi connectivity index (χ1) is 7.19. The predicted molar refractivity (Wildman–Crippen MR) is 77.6 cm³/mol. The number of ether oxygens (including phenoxy) is 2. The molecule has 0 aromatic rings. The van der Waals surface area contributed by atoms with Crippen molar-refractivity contribution in [3.8, 4) is 0 Å². The maximum absolute atomic E-state index is 5.92. The first-order valence-electron chi connectivity index (χ1n) is 5.35. The fraction of sp³-hybridized carbons (Fsp3) is 1.00. The molecule has 1 saturated heterocycles. The molecule has 0 spiro atoms. The van der Waals surface area contributed by atoms with Gasteiger partial charge in [0.05, 0.1) is 11.7 Å². The molecule has 0 aromatic carbocycles. The second-order valence-corrected chi connectivity index (χ2v) is 14.9. The Bertz CT molecular complexity index is 297. The molecular weight excluding hydrogens is 258 g/mol. The van der Waals surface area contributed by atoms with Crippen LogP contribution in [0, 0.1) is 5.92 Å². The summed E-state index contributed by atoms with van der Waals surface area (Å²) in [5.74, 6) is 1.19. The van der Waals surface area contributed by atoms with Gasteiger partial charge in [0.15, 0.2) is 0 Å². The van der Waals surface area contributed by atoms with Crippen LogP contribution in [0.2, 0.25) is 0 Å². The SMILES string of the molecule is [B][C@@H]1O[C@](C)(CSP(C)(C)=S)C(C)[C@@H]1OC. The lowest BCUT2D eigenvalue weighted by molar-refractivity contribution is 0.0000732. The van der Waals surface area contributed by atoms with Gasteiger partial charge >= 0.3 is 0 Å². The summed E-state index contributed by atoms with van der Waals surface area (Å²) in [6.45, 7) is 8.53. The van der Waals surface area contributed by atoms with E-state index in [4.69, 9.17) is 29.1 Å². The van der Waals surface area contributed by atoms with E-state index in [1.165, 1.54) is 0 Å². The molecule has 0 amide bonds. The van der Waals surface area contributed by atoms with Crippen LogP contribution in [0.1, 0.15) is 13.8 Å². The molecule has 6 heteroatoms. The van der Waals surface area contributed by atoms with E-state index in [0.29, 0.717) is 5.92 Å². The van der Waals surface area contributed by atoms with Crippen LogP contribution in [-0.2, 0) is 21.3 Å². The molecule has 4 atom stereocenters. The molecule has 2 nitrogen and oxygen atoms in total. The smallest absolute Gasteiger partial charge is 0.112 e. The van der Waals surface area contributed by atoms with E-state index >= 15 is 0 Å². The molecule has 0 aromatic heterocycles. The Morgan fingerprint density at radius 2 is 2.12 bits per heavy atom. The highest BCUT2D eigenvalue weighted by Crippen LogP contribution is 2.54. The standard InChI is InChI=1S/C10H20BO2PS2/c1-7-8(12-3)9(11)13-10(7,2)6-16-14(4,5)15/h7-9H,6H2,1-5H3/t7?,8-,9+,10+/m0/s1. The minimum Gasteiger partial charge on any atom is -0.379 e. The van der Waals surface area contributed by atoms with Gasteiger partial charge in [-0.3, -0.25) is 0 Å². The van der Waals surface area contributed by atoms with Crippen molar-refractivity contribution in [1.82, 2.24) is 0 Å². The van der Waals surface area contributed by atoms with Crippen LogP contribution < -0.4 is 0 Å². The molecule has 92 valence electrons. The molecule has 1 aliphatic rings. The molecule has 0 bridgehead atoms. The Morgan fingerprint density at radius 3 is 2.50 bits per heavy atom. The topological polar surface area (TPSA) is 18.5 Å². The molecule has 0 saturated carbocycles. The van der Waals surface area contributed by atoms with Gasteiger partial charge in [-0.05, 0) is 20.3 Å². The van der Waals surface area contributed by atoms with Gasteiger partial charge in [-0.15, -0.1) is 11.4 Å². The Labute approximate surface area is 109 Å². The zero-order valence-electron chi connectivity index (χ0n) is 10.6. The molecule has 16 heavy (non-hydrogen) atoms. The molecule has 0 aliphatic carbocycles. The average Bonchev–Trinajstić information content (AvgIpc) is 2.35. The van der Waals surface area contributed by atoms with Crippen molar-refractivity contribution < 1.29 is 9.47 Å². The maximum Gasteiger partial charge on any atom is 0.112 e. The van der Waals surface area contributed by atoms with Crippen LogP contribution in [0.25, 0.3) is 0 Å². The zero-order valence-corrected chi connectivity index (χ0v) is 13.1. The molecule has 1 rings (SSSR count). The third kappa shape index (κ3) is 3.49. The highest BCUT2D eigenvalue weighted by atomic mass is 32.9. The van der Waals surface area contributed by atoms with Crippen molar-refractivity contribution in [1.29, 1.82) is 0 Å². The number of rotatable bonds is 4. The van der Waals surface area contributed by atoms with Crippen molar-refractivity contribution in [3.05, 3.63) is 0 Å². The van der Waals surface area contributed by atoms with Crippen molar-refractivity contribution >= 4 is 36.3 Å². The van der Waals surface area contributed by atoms with E-state index in [1.807, 2.05) is 11.4 Å². The number of hydrogen-bond donors (Lipinski definition) is 0. The monoisotopic (exact) mass is 278 g/mol. The fourth-order valence-corrected chi connectivity index (χ4v) is 4.98. The van der Waals surface area contributed by atoms with Crippen molar-refractivity contribution in [2.24, 2.45) is 5.92 Å². The fourth-order valence-electron chi connectivity index (χ4n) is 1.90. The lowest BCUT2D eigenvalue weighted by Gasteiger charge is -2.30. The summed E-state index contributed by atoms with van der Waals surface area (Å²) in [4.78, 5) is 0. The van der Waals surface area contributed by atoms with Crippen molar-refractivity contribution in [3.63, 3.8) is 0 Å². The third-order valence-electron chi connectivity index (χ3n) is 3.12. The van der Waals surface area contributed by atoms with Gasteiger partial charge in [-0.25, -0.2) is 0 Å². The molecule has 1 fully saturated rings. The zero-order chi connectivity index (χ0) is 12.6. The van der Waals surface area contributed by atoms with Crippen LogP contribution in [0.15, 0.2) is 0 Å². The predicted octanol–water partition coefficient (Wildman–Crippen LogP) is 2.31. The molecular formula is C10H20BO2PS2. The van der Waals surface area contributed by atoms with Gasteiger partial charge < -0.3 is 9.47 Å². The van der Waals surface area contributed by atoms with Crippen LogP contribution >= 0.6 is 16.6 Å². The lowest BCUT2D eigenvalue weighted by Crippen LogP contribution is -2.36. The highest BCUT2D eigenvalue weighted by Gasteiger charge is 2.47. The highest BCUT2D eigenvalue weighted by molar-refractivity contribution is 8.70. The molecule has 1 aliphatic heterocycles. The summed E-state index contributed by atoms with van der Waals surface area (Å²) in [5, 5.41) is -1.25. The molecule has 2 radical (unpaired) electrons. The van der Waals surface area contributed by atoms with Gasteiger partial charge in [-0.1, -0.05) is 18.7 Å². The summed E-state index contributed by atoms with van der Waals surface area (Å²) < 4.78 is 11.3. The van der Waals surface area contributed by atoms with E-state index in [1.54, 1.807) is 7.11 Å². The lowest BCUT2D eigenvalue weighted by atomic mass is 9.84. The summed E-state index contributed by atoms with van der Waals surface area (Å²) in [5.41, 5.74) is -0.221. The van der Waals surface area contributed by atoms with Gasteiger partial charge in [0.1, 0.15) is 7.85 Å². The third-order valence-corrected chi connectivity index (χ3v) is 7.64. The van der Waals surface area contributed by atoms with Gasteiger partial charge in [0.2, 0.25) is 0 Å². The Balaban J connectivity index is 2.68. The summed E-state index contributed by atoms with van der Waals surface area (Å²) >= 11 is 7.29. The second-order valence-electron chi connectivity index (χ2n) is 4.91. The van der Waals surface area contributed by atoms with Crippen LogP contribution in [-0.4, -0.2) is 51.7 Å². The van der Waals surface area contributed by atoms with E-state index in [-0.39, 0.29) is 17.7 Å². The van der Waals surface area contributed by atoms with Gasteiger partial charge in [0.25, 0.3) is 0 Å². The van der Waals surface area contributed by atoms with E-state index < -0.39 is 5.24 Å². The molecule has 0 N–H and O–H groups in total. The van der Waals surface area contributed by atoms with Crippen LogP contribution in [0.4, 0.5) is 0 Å². The van der Waals surface area contributed by atoms with E-state index in [2.05, 4.69) is 27.2 Å². The van der Waals surface area contributed by atoms with Gasteiger partial charge in [0, 0.05) is 30.0 Å². The first-order valence-corrected chi connectivity index (χ1v) is 10.6. The summed E-state index contributed by atoms with van der Waals surface area (Å²) in [7, 11) is 7.61. The normalized spacial score (nSPS) is 40.2. The number of methoxy groups -OCH3 is 1. The van der Waals surface area contributed by atoms with Crippen LogP contribution in [0.3, 0.4) is 0 Å². The average molecular weight is 278 g/mol. The minimum absolute atomic E-state index is 0.0165. The van der Waals surface area contributed by atoms with Gasteiger partial charge in [-0.2, -0.15) is 0 Å². The Kier molecular flexibility index (Phi) is 5.00. The van der Waals surface area contributed by atoms with Crippen LogP contribution in [0.5, 0.6) is 0 Å². The number of hydrogen-bond acceptors (Lipinski definition) is 4. The minimum atomic E-state index is -1.25. The Morgan fingerprint density at radius 1 is 1.56 bits per heavy atom. The maximum atomic E-state index is 5.92. The Hall–Kier alpha value is 0.985. The van der Waals surface area contributed by atoms with E-state index in [0.717, 1.165) is 5.75 Å². The van der Waals surface area contributed by atoms with E-state index in [9.17, 15) is 0 Å². The largest absolute Gasteiger partial charge is 0.379 e. The summed E-state index contributed by atoms with van der Waals surface area (Å²) in [6.07, 6.45) is -0.0165. The summed E-state index contributed by atoms with van der Waals surface area (Å²) in [6, 6.07) is -0.322. The molecule has 1 heterocycles. The molecule has 1 unspecified atom stereocenters.